The fraction of sp³-hybridized carbons (Fsp3) is 0.367. The van der Waals surface area contributed by atoms with E-state index in [4.69, 9.17) is 12.2 Å². The van der Waals surface area contributed by atoms with Gasteiger partial charge in [0.15, 0.2) is 0 Å². The van der Waals surface area contributed by atoms with Crippen LogP contribution in [0.3, 0.4) is 0 Å². The molecule has 38 heavy (non-hydrogen) atoms. The van der Waals surface area contributed by atoms with Gasteiger partial charge in [-0.1, -0.05) is 86.7 Å². The molecule has 0 fully saturated rings. The van der Waals surface area contributed by atoms with Crippen molar-refractivity contribution in [3.8, 4) is 0 Å². The van der Waals surface area contributed by atoms with Gasteiger partial charge in [0.2, 0.25) is 0 Å². The monoisotopic (exact) mass is 551 g/mol. The van der Waals surface area contributed by atoms with Crippen molar-refractivity contribution >= 4 is 17.1 Å². The lowest BCUT2D eigenvalue weighted by Crippen LogP contribution is -2.36. The third-order valence-electron chi connectivity index (χ3n) is 6.69. The van der Waals surface area contributed by atoms with E-state index < -0.39 is 23.5 Å². The quantitative estimate of drug-likeness (QED) is 0.188. The molecule has 0 unspecified atom stereocenters. The summed E-state index contributed by atoms with van der Waals surface area (Å²) in [6.45, 7) is 4.19. The maximum Gasteiger partial charge on any atom is 0.416 e. The SMILES string of the molecule is CCC(CC)N[C@H](c1ccccc1)[C@H](CC(=S)Cc1cc(C(F)(F)F)cc(C(F)(F)F)c1)c1ccccc1. The van der Waals surface area contributed by atoms with Crippen molar-refractivity contribution in [3.05, 3.63) is 107 Å². The summed E-state index contributed by atoms with van der Waals surface area (Å²) in [6.07, 6.45) is -7.86. The number of hydrogen-bond acceptors (Lipinski definition) is 2. The second-order valence-corrected chi connectivity index (χ2v) is 10.00. The van der Waals surface area contributed by atoms with E-state index in [1.807, 2.05) is 60.7 Å². The lowest BCUT2D eigenvalue weighted by atomic mass is 9.82. The molecule has 1 nitrogen and oxygen atoms in total. The topological polar surface area (TPSA) is 12.0 Å². The van der Waals surface area contributed by atoms with Gasteiger partial charge in [0.05, 0.1) is 11.1 Å². The van der Waals surface area contributed by atoms with Gasteiger partial charge in [-0.3, -0.25) is 0 Å². The average molecular weight is 552 g/mol. The summed E-state index contributed by atoms with van der Waals surface area (Å²) in [4.78, 5) is 0.388. The van der Waals surface area contributed by atoms with E-state index in [0.29, 0.717) is 11.3 Å². The fourth-order valence-electron chi connectivity index (χ4n) is 4.68. The number of alkyl halides is 6. The van der Waals surface area contributed by atoms with Gasteiger partial charge in [0, 0.05) is 24.4 Å². The molecule has 3 rings (SSSR count). The summed E-state index contributed by atoms with van der Waals surface area (Å²) in [5, 5.41) is 3.74. The molecule has 0 aromatic heterocycles. The molecule has 0 heterocycles. The van der Waals surface area contributed by atoms with Crippen LogP contribution in [-0.2, 0) is 18.8 Å². The summed E-state index contributed by atoms with van der Waals surface area (Å²) >= 11 is 5.63. The minimum atomic E-state index is -4.90. The van der Waals surface area contributed by atoms with Gasteiger partial charge < -0.3 is 5.32 Å². The highest BCUT2D eigenvalue weighted by Gasteiger charge is 2.37. The minimum absolute atomic E-state index is 0.104. The van der Waals surface area contributed by atoms with Crippen molar-refractivity contribution in [3.63, 3.8) is 0 Å². The highest BCUT2D eigenvalue weighted by molar-refractivity contribution is 7.80. The molecule has 3 aromatic rings. The van der Waals surface area contributed by atoms with Gasteiger partial charge in [-0.05, 0) is 59.0 Å². The maximum absolute atomic E-state index is 13.4. The van der Waals surface area contributed by atoms with Crippen molar-refractivity contribution in [2.75, 3.05) is 0 Å². The van der Waals surface area contributed by atoms with Gasteiger partial charge in [-0.15, -0.1) is 0 Å². The lowest BCUT2D eigenvalue weighted by molar-refractivity contribution is -0.143. The third-order valence-corrected chi connectivity index (χ3v) is 7.00. The highest BCUT2D eigenvalue weighted by Crippen LogP contribution is 2.38. The van der Waals surface area contributed by atoms with Gasteiger partial charge >= 0.3 is 12.4 Å². The Labute approximate surface area is 225 Å². The number of halogens is 6. The van der Waals surface area contributed by atoms with E-state index in [0.717, 1.165) is 36.1 Å². The van der Waals surface area contributed by atoms with E-state index in [1.54, 1.807) is 0 Å². The number of nitrogens with one attached hydrogen (secondary N) is 1. The first-order valence-electron chi connectivity index (χ1n) is 12.6. The molecule has 8 heteroatoms. The molecule has 0 amide bonds. The van der Waals surface area contributed by atoms with Gasteiger partial charge in [0.25, 0.3) is 0 Å². The second kappa shape index (κ2) is 12.9. The molecule has 0 spiro atoms. The van der Waals surface area contributed by atoms with Crippen molar-refractivity contribution < 1.29 is 26.3 Å². The Bertz CT molecular complexity index is 1140. The predicted molar refractivity (Wildman–Crippen MR) is 143 cm³/mol. The van der Waals surface area contributed by atoms with Crippen molar-refractivity contribution in [2.24, 2.45) is 0 Å². The summed E-state index contributed by atoms with van der Waals surface area (Å²) in [7, 11) is 0. The van der Waals surface area contributed by atoms with Crippen molar-refractivity contribution in [1.29, 1.82) is 0 Å². The number of thiocarbonyl (C=S) groups is 1. The van der Waals surface area contributed by atoms with E-state index in [9.17, 15) is 26.3 Å². The zero-order valence-electron chi connectivity index (χ0n) is 21.2. The molecule has 3 aromatic carbocycles. The van der Waals surface area contributed by atoms with Crippen LogP contribution in [0.4, 0.5) is 26.3 Å². The van der Waals surface area contributed by atoms with Gasteiger partial charge in [-0.2, -0.15) is 26.3 Å². The van der Waals surface area contributed by atoms with Crippen LogP contribution in [0.5, 0.6) is 0 Å². The standard InChI is InChI=1S/C30H31F6NS/c1-3-25(4-2)37-28(22-13-9-6-10-14-22)27(21-11-7-5-8-12-21)19-26(38)17-20-15-23(29(31,32)33)18-24(16-20)30(34,35)36/h5-16,18,25,27-28,37H,3-4,17,19H2,1-2H3/t27-,28-/m1/s1. The molecule has 0 radical (unpaired) electrons. The first-order valence-corrected chi connectivity index (χ1v) is 13.0. The van der Waals surface area contributed by atoms with Crippen LogP contribution in [0, 0.1) is 0 Å². The van der Waals surface area contributed by atoms with E-state index in [-0.39, 0.29) is 36.1 Å². The van der Waals surface area contributed by atoms with E-state index in [2.05, 4.69) is 19.2 Å². The normalized spacial score (nSPS) is 13.9. The molecule has 0 bridgehead atoms. The highest BCUT2D eigenvalue weighted by atomic mass is 32.1. The van der Waals surface area contributed by atoms with E-state index in [1.165, 1.54) is 0 Å². The van der Waals surface area contributed by atoms with Crippen LogP contribution in [-0.4, -0.2) is 10.9 Å². The Morgan fingerprint density at radius 1 is 0.737 bits per heavy atom. The van der Waals surface area contributed by atoms with E-state index >= 15 is 0 Å². The summed E-state index contributed by atoms with van der Waals surface area (Å²) < 4.78 is 80.3. The summed E-state index contributed by atoms with van der Waals surface area (Å²) in [5.41, 5.74) is -0.741. The zero-order valence-corrected chi connectivity index (χ0v) is 22.1. The van der Waals surface area contributed by atoms with Crippen molar-refractivity contribution in [2.45, 2.75) is 69.9 Å². The lowest BCUT2D eigenvalue weighted by Gasteiger charge is -2.33. The number of benzene rings is 3. The average Bonchev–Trinajstić information content (AvgIpc) is 2.88. The first-order chi connectivity index (χ1) is 17.9. The van der Waals surface area contributed by atoms with Gasteiger partial charge in [-0.25, -0.2) is 0 Å². The molecule has 0 saturated carbocycles. The van der Waals surface area contributed by atoms with Crippen LogP contribution in [0.2, 0.25) is 0 Å². The minimum Gasteiger partial charge on any atom is -0.307 e. The molecule has 0 aliphatic heterocycles. The fourth-order valence-corrected chi connectivity index (χ4v) is 5.02. The molecule has 1 N–H and O–H groups in total. The first kappa shape index (κ1) is 29.8. The summed E-state index contributed by atoms with van der Waals surface area (Å²) in [6, 6.07) is 21.2. The molecule has 0 aliphatic rings. The zero-order chi connectivity index (χ0) is 27.9. The second-order valence-electron chi connectivity index (χ2n) is 9.42. The Hall–Kier alpha value is -2.71. The maximum atomic E-state index is 13.4. The predicted octanol–water partition coefficient (Wildman–Crippen LogP) is 9.33. The van der Waals surface area contributed by atoms with Crippen LogP contribution in [0.25, 0.3) is 0 Å². The van der Waals surface area contributed by atoms with Crippen LogP contribution in [0.15, 0.2) is 78.9 Å². The van der Waals surface area contributed by atoms with Crippen LogP contribution in [0.1, 0.15) is 72.9 Å². The molecular weight excluding hydrogens is 520 g/mol. The summed E-state index contributed by atoms with van der Waals surface area (Å²) in [5.74, 6) is -0.181. The van der Waals surface area contributed by atoms with Crippen LogP contribution >= 0.6 is 12.2 Å². The molecule has 0 aliphatic carbocycles. The Morgan fingerprint density at radius 2 is 1.21 bits per heavy atom. The number of hydrogen-bond donors (Lipinski definition) is 1. The number of rotatable bonds is 11. The largest absolute Gasteiger partial charge is 0.416 e. The molecule has 204 valence electrons. The Morgan fingerprint density at radius 3 is 1.66 bits per heavy atom. The van der Waals surface area contributed by atoms with Crippen molar-refractivity contribution in [1.82, 2.24) is 5.32 Å². The molecule has 0 saturated heterocycles. The Balaban J connectivity index is 1.98. The van der Waals surface area contributed by atoms with Gasteiger partial charge in [0.1, 0.15) is 0 Å². The molecule has 2 atom stereocenters. The smallest absolute Gasteiger partial charge is 0.307 e. The molecular formula is C30H31F6NS. The Kier molecular flexibility index (Phi) is 10.1. The van der Waals surface area contributed by atoms with Crippen LogP contribution < -0.4 is 5.32 Å². The third kappa shape index (κ3) is 8.14.